The van der Waals surface area contributed by atoms with Gasteiger partial charge in [0, 0.05) is 11.6 Å². The topological polar surface area (TPSA) is 89.5 Å². The van der Waals surface area contributed by atoms with Crippen LogP contribution in [-0.4, -0.2) is 26.3 Å². The van der Waals surface area contributed by atoms with Crippen molar-refractivity contribution in [2.45, 2.75) is 31.3 Å². The van der Waals surface area contributed by atoms with Gasteiger partial charge in [-0.2, -0.15) is 0 Å². The molecule has 1 aromatic rings. The summed E-state index contributed by atoms with van der Waals surface area (Å²) in [7, 11) is -3.63. The van der Waals surface area contributed by atoms with E-state index in [-0.39, 0.29) is 16.7 Å². The Balaban J connectivity index is 2.20. The minimum atomic E-state index is -3.63. The molecule has 0 atom stereocenters. The third-order valence-corrected chi connectivity index (χ3v) is 4.13. The number of hydrogen-bond acceptors (Lipinski definition) is 5. The Bertz CT molecular complexity index is 719. The fraction of sp³-hybridized carbons (Fsp3) is 0.286. The van der Waals surface area contributed by atoms with E-state index < -0.39 is 28.2 Å². The quantitative estimate of drug-likeness (QED) is 0.513. The molecule has 2 rings (SSSR count). The number of fused-ring (bicyclic) bond motifs is 1. The lowest BCUT2D eigenvalue weighted by Crippen LogP contribution is -2.17. The van der Waals surface area contributed by atoms with Crippen molar-refractivity contribution in [3.63, 3.8) is 0 Å². The molecule has 0 radical (unpaired) electrons. The number of ether oxygens (including phenoxy) is 1. The van der Waals surface area contributed by atoms with Crippen molar-refractivity contribution in [1.82, 2.24) is 4.72 Å². The van der Waals surface area contributed by atoms with Gasteiger partial charge < -0.3 is 4.74 Å². The molecule has 0 spiro atoms. The molecule has 0 aliphatic carbocycles. The monoisotopic (exact) mass is 309 g/mol. The first-order chi connectivity index (χ1) is 9.79. The third kappa shape index (κ3) is 3.49. The van der Waals surface area contributed by atoms with Gasteiger partial charge in [0.05, 0.1) is 16.7 Å². The fourth-order valence-corrected chi connectivity index (χ4v) is 3.24. The molecule has 1 aliphatic rings. The molecule has 6 nitrogen and oxygen atoms in total. The number of carbonyl (C=O) groups is 2. The highest BCUT2D eigenvalue weighted by atomic mass is 32.2. The number of allylic oxidation sites excluding steroid dienone is 1. The molecular weight excluding hydrogens is 294 g/mol. The van der Waals surface area contributed by atoms with E-state index in [1.165, 1.54) is 6.07 Å². The van der Waals surface area contributed by atoms with Crippen LogP contribution in [0.25, 0.3) is 5.70 Å². The molecule has 1 N–H and O–H groups in total. The van der Waals surface area contributed by atoms with Gasteiger partial charge in [0.15, 0.2) is 5.78 Å². The van der Waals surface area contributed by atoms with Gasteiger partial charge in [-0.25, -0.2) is 8.42 Å². The maximum atomic E-state index is 11.9. The molecule has 1 heterocycles. The summed E-state index contributed by atoms with van der Waals surface area (Å²) < 4.78 is 30.9. The average molecular weight is 309 g/mol. The molecule has 1 aromatic carbocycles. The van der Waals surface area contributed by atoms with E-state index >= 15 is 0 Å². The summed E-state index contributed by atoms with van der Waals surface area (Å²) in [6.07, 6.45) is 0.389. The van der Waals surface area contributed by atoms with Gasteiger partial charge in [0.2, 0.25) is 0 Å². The molecule has 0 saturated heterocycles. The van der Waals surface area contributed by atoms with Gasteiger partial charge in [-0.3, -0.25) is 14.3 Å². The molecular formula is C14H15NO5S. The van der Waals surface area contributed by atoms with Crippen molar-refractivity contribution in [3.8, 4) is 0 Å². The van der Waals surface area contributed by atoms with E-state index in [4.69, 9.17) is 4.74 Å². The Labute approximate surface area is 122 Å². The van der Waals surface area contributed by atoms with Crippen molar-refractivity contribution >= 4 is 27.5 Å². The van der Waals surface area contributed by atoms with Crippen molar-refractivity contribution in [2.24, 2.45) is 0 Å². The number of esters is 1. The summed E-state index contributed by atoms with van der Waals surface area (Å²) in [5.74, 6) is -1.16. The van der Waals surface area contributed by atoms with Gasteiger partial charge in [-0.1, -0.05) is 18.2 Å². The van der Waals surface area contributed by atoms with Crippen LogP contribution in [0.1, 0.15) is 25.8 Å². The van der Waals surface area contributed by atoms with E-state index in [0.29, 0.717) is 5.56 Å². The number of benzene rings is 1. The van der Waals surface area contributed by atoms with Gasteiger partial charge in [0.25, 0.3) is 10.0 Å². The molecule has 0 bridgehead atoms. The molecule has 0 saturated carbocycles. The second-order valence-corrected chi connectivity index (χ2v) is 6.49. The van der Waals surface area contributed by atoms with Crippen LogP contribution in [0.5, 0.6) is 0 Å². The first-order valence-corrected chi connectivity index (χ1v) is 7.84. The van der Waals surface area contributed by atoms with E-state index in [9.17, 15) is 18.0 Å². The second-order valence-electron chi connectivity index (χ2n) is 4.84. The smallest absolute Gasteiger partial charge is 0.313 e. The predicted molar refractivity (Wildman–Crippen MR) is 75.6 cm³/mol. The Morgan fingerprint density at radius 1 is 1.29 bits per heavy atom. The fourth-order valence-electron chi connectivity index (χ4n) is 1.94. The normalized spacial score (nSPS) is 17.4. The minimum absolute atomic E-state index is 0.119. The number of hydrogen-bond donors (Lipinski definition) is 1. The molecule has 1 aliphatic heterocycles. The lowest BCUT2D eigenvalue weighted by atomic mass is 10.1. The highest BCUT2D eigenvalue weighted by Gasteiger charge is 2.29. The molecule has 0 amide bonds. The van der Waals surface area contributed by atoms with Crippen LogP contribution < -0.4 is 4.72 Å². The largest absolute Gasteiger partial charge is 0.463 e. The summed E-state index contributed by atoms with van der Waals surface area (Å²) in [6, 6.07) is 6.32. The first-order valence-electron chi connectivity index (χ1n) is 6.36. The van der Waals surface area contributed by atoms with Crippen LogP contribution in [0.15, 0.2) is 35.2 Å². The molecule has 21 heavy (non-hydrogen) atoms. The highest BCUT2D eigenvalue weighted by molar-refractivity contribution is 7.90. The number of sulfonamides is 1. The standard InChI is InChI=1S/C14H15NO5S/c1-9(2)20-14(17)8-10(16)7-12-11-5-3-4-6-13(11)21(18,19)15-12/h3-7,9,15H,8H2,1-2H3/b12-7-. The zero-order valence-corrected chi connectivity index (χ0v) is 12.4. The number of nitrogens with one attached hydrogen (secondary N) is 1. The lowest BCUT2D eigenvalue weighted by molar-refractivity contribution is -0.148. The zero-order valence-electron chi connectivity index (χ0n) is 11.6. The summed E-state index contributed by atoms with van der Waals surface area (Å²) in [4.78, 5) is 23.3. The number of carbonyl (C=O) groups excluding carboxylic acids is 2. The summed E-state index contributed by atoms with van der Waals surface area (Å²) in [5, 5.41) is 0. The SMILES string of the molecule is CC(C)OC(=O)CC(=O)/C=C1\NS(=O)(=O)c2ccccc21. The number of ketones is 1. The average Bonchev–Trinajstić information content (AvgIpc) is 2.60. The van der Waals surface area contributed by atoms with Gasteiger partial charge in [-0.15, -0.1) is 0 Å². The van der Waals surface area contributed by atoms with Gasteiger partial charge >= 0.3 is 5.97 Å². The van der Waals surface area contributed by atoms with Crippen molar-refractivity contribution in [2.75, 3.05) is 0 Å². The van der Waals surface area contributed by atoms with E-state index in [1.54, 1.807) is 32.0 Å². The molecule has 0 aromatic heterocycles. The minimum Gasteiger partial charge on any atom is -0.463 e. The molecule has 0 fully saturated rings. The summed E-state index contributed by atoms with van der Waals surface area (Å²) >= 11 is 0. The lowest BCUT2D eigenvalue weighted by Gasteiger charge is -2.06. The molecule has 112 valence electrons. The zero-order chi connectivity index (χ0) is 15.6. The Hall–Kier alpha value is -2.15. The maximum absolute atomic E-state index is 11.9. The van der Waals surface area contributed by atoms with E-state index in [0.717, 1.165) is 6.08 Å². The highest BCUT2D eigenvalue weighted by Crippen LogP contribution is 2.29. The van der Waals surface area contributed by atoms with E-state index in [2.05, 4.69) is 4.72 Å². The summed E-state index contributed by atoms with van der Waals surface area (Å²) in [6.45, 7) is 3.37. The van der Waals surface area contributed by atoms with Crippen molar-refractivity contribution in [1.29, 1.82) is 0 Å². The van der Waals surface area contributed by atoms with Crippen LogP contribution in [-0.2, 0) is 24.3 Å². The van der Waals surface area contributed by atoms with Crippen molar-refractivity contribution in [3.05, 3.63) is 35.9 Å². The van der Waals surface area contributed by atoms with Crippen LogP contribution in [0.3, 0.4) is 0 Å². The van der Waals surface area contributed by atoms with Crippen LogP contribution in [0.4, 0.5) is 0 Å². The van der Waals surface area contributed by atoms with Crippen LogP contribution in [0.2, 0.25) is 0 Å². The van der Waals surface area contributed by atoms with Gasteiger partial charge in [-0.05, 0) is 19.9 Å². The maximum Gasteiger partial charge on any atom is 0.313 e. The molecule has 7 heteroatoms. The first kappa shape index (κ1) is 15.2. The predicted octanol–water partition coefficient (Wildman–Crippen LogP) is 1.23. The Kier molecular flexibility index (Phi) is 4.13. The molecule has 0 unspecified atom stereocenters. The van der Waals surface area contributed by atoms with Gasteiger partial charge in [0.1, 0.15) is 6.42 Å². The van der Waals surface area contributed by atoms with Crippen LogP contribution in [0, 0.1) is 0 Å². The van der Waals surface area contributed by atoms with Crippen LogP contribution >= 0.6 is 0 Å². The second kappa shape index (κ2) is 5.69. The Morgan fingerprint density at radius 2 is 1.95 bits per heavy atom. The van der Waals surface area contributed by atoms with Crippen molar-refractivity contribution < 1.29 is 22.7 Å². The third-order valence-electron chi connectivity index (χ3n) is 2.70. The van der Waals surface area contributed by atoms with E-state index in [1.807, 2.05) is 0 Å². The number of rotatable bonds is 4. The summed E-state index contributed by atoms with van der Waals surface area (Å²) in [5.41, 5.74) is 0.594. The Morgan fingerprint density at radius 3 is 2.62 bits per heavy atom.